The summed E-state index contributed by atoms with van der Waals surface area (Å²) in [6.45, 7) is 5.36. The summed E-state index contributed by atoms with van der Waals surface area (Å²) in [7, 11) is 0. The van der Waals surface area contributed by atoms with Crippen LogP contribution in [0.4, 0.5) is 15.8 Å². The molecule has 164 valence electrons. The predicted octanol–water partition coefficient (Wildman–Crippen LogP) is 2.76. The summed E-state index contributed by atoms with van der Waals surface area (Å²) < 4.78 is 13.0. The second-order valence-corrected chi connectivity index (χ2v) is 7.76. The molecule has 31 heavy (non-hydrogen) atoms. The Morgan fingerprint density at radius 2 is 1.74 bits per heavy atom. The minimum absolute atomic E-state index is 0.0681. The van der Waals surface area contributed by atoms with Crippen molar-refractivity contribution in [3.8, 4) is 0 Å². The van der Waals surface area contributed by atoms with E-state index < -0.39 is 4.92 Å². The molecule has 2 aromatic carbocycles. The number of halogens is 1. The summed E-state index contributed by atoms with van der Waals surface area (Å²) in [6, 6.07) is 10.2. The molecule has 1 saturated heterocycles. The van der Waals surface area contributed by atoms with Crippen LogP contribution < -0.4 is 10.2 Å². The topological polar surface area (TPSA) is 95.8 Å². The smallest absolute Gasteiger partial charge is 0.293 e. The van der Waals surface area contributed by atoms with Gasteiger partial charge in [0, 0.05) is 43.9 Å². The van der Waals surface area contributed by atoms with Gasteiger partial charge in [-0.3, -0.25) is 19.7 Å². The van der Waals surface area contributed by atoms with Gasteiger partial charge in [0.05, 0.1) is 11.3 Å². The van der Waals surface area contributed by atoms with Crippen molar-refractivity contribution in [2.75, 3.05) is 31.1 Å². The molecule has 1 N–H and O–H groups in total. The lowest BCUT2D eigenvalue weighted by molar-refractivity contribution is -0.384. The van der Waals surface area contributed by atoms with Crippen molar-refractivity contribution < 1.29 is 18.9 Å². The molecule has 0 bridgehead atoms. The number of nitro groups is 1. The summed E-state index contributed by atoms with van der Waals surface area (Å²) >= 11 is 0. The third-order valence-corrected chi connectivity index (χ3v) is 5.10. The van der Waals surface area contributed by atoms with E-state index in [1.165, 1.54) is 18.2 Å². The van der Waals surface area contributed by atoms with Gasteiger partial charge in [-0.1, -0.05) is 12.1 Å². The highest BCUT2D eigenvalue weighted by molar-refractivity contribution is 5.96. The predicted molar refractivity (Wildman–Crippen MR) is 115 cm³/mol. The molecule has 0 radical (unpaired) electrons. The first kappa shape index (κ1) is 22.2. The van der Waals surface area contributed by atoms with Crippen molar-refractivity contribution in [2.24, 2.45) is 0 Å². The molecule has 0 atom stereocenters. The number of benzene rings is 2. The molecule has 1 aliphatic heterocycles. The molecule has 0 unspecified atom stereocenters. The van der Waals surface area contributed by atoms with Crippen LogP contribution >= 0.6 is 0 Å². The molecular weight excluding hydrogens is 403 g/mol. The van der Waals surface area contributed by atoms with Gasteiger partial charge < -0.3 is 15.1 Å². The Balaban J connectivity index is 1.66. The highest BCUT2D eigenvalue weighted by Gasteiger charge is 2.27. The fourth-order valence-corrected chi connectivity index (χ4v) is 3.51. The van der Waals surface area contributed by atoms with Gasteiger partial charge in [0.25, 0.3) is 11.6 Å². The van der Waals surface area contributed by atoms with Crippen LogP contribution in [0.15, 0.2) is 42.5 Å². The molecule has 8 nitrogen and oxygen atoms in total. The molecule has 1 aliphatic rings. The van der Waals surface area contributed by atoms with Crippen LogP contribution in [0.1, 0.15) is 29.8 Å². The maximum absolute atomic E-state index is 13.0. The minimum atomic E-state index is -0.493. The Hall–Kier alpha value is -3.49. The fraction of sp³-hybridized carbons (Fsp3) is 0.364. The van der Waals surface area contributed by atoms with E-state index in [4.69, 9.17) is 0 Å². The quantitative estimate of drug-likeness (QED) is 0.564. The second-order valence-electron chi connectivity index (χ2n) is 7.76. The van der Waals surface area contributed by atoms with Gasteiger partial charge in [-0.15, -0.1) is 0 Å². The molecular formula is C22H25FN4O4. The number of carbonyl (C=O) groups excluding carboxylic acids is 2. The zero-order valence-corrected chi connectivity index (χ0v) is 17.5. The van der Waals surface area contributed by atoms with Crippen molar-refractivity contribution in [3.05, 3.63) is 69.5 Å². The fourth-order valence-electron chi connectivity index (χ4n) is 3.51. The molecule has 0 aromatic heterocycles. The number of anilines is 1. The van der Waals surface area contributed by atoms with Crippen LogP contribution in [0.25, 0.3) is 0 Å². The van der Waals surface area contributed by atoms with Crippen LogP contribution in [0.5, 0.6) is 0 Å². The van der Waals surface area contributed by atoms with Crippen LogP contribution in [-0.4, -0.2) is 53.9 Å². The number of rotatable bonds is 6. The highest BCUT2D eigenvalue weighted by Crippen LogP contribution is 2.30. The van der Waals surface area contributed by atoms with Gasteiger partial charge in [0.1, 0.15) is 11.5 Å². The number of hydrogen-bond acceptors (Lipinski definition) is 5. The molecule has 0 aliphatic carbocycles. The number of carbonyl (C=O) groups is 2. The molecule has 0 saturated carbocycles. The van der Waals surface area contributed by atoms with Gasteiger partial charge in [-0.05, 0) is 43.7 Å². The first-order valence-electron chi connectivity index (χ1n) is 10.1. The van der Waals surface area contributed by atoms with Gasteiger partial charge >= 0.3 is 0 Å². The van der Waals surface area contributed by atoms with Crippen molar-refractivity contribution in [3.63, 3.8) is 0 Å². The summed E-state index contributed by atoms with van der Waals surface area (Å²) in [6.07, 6.45) is 0.181. The largest absolute Gasteiger partial charge is 0.362 e. The Labute approximate surface area is 179 Å². The van der Waals surface area contributed by atoms with Crippen LogP contribution in [0.2, 0.25) is 0 Å². The number of nitrogens with one attached hydrogen (secondary N) is 1. The summed E-state index contributed by atoms with van der Waals surface area (Å²) in [5.74, 6) is -0.776. The maximum Gasteiger partial charge on any atom is 0.293 e. The lowest BCUT2D eigenvalue weighted by atomic mass is 10.1. The third-order valence-electron chi connectivity index (χ3n) is 5.10. The van der Waals surface area contributed by atoms with Crippen LogP contribution in [-0.2, 0) is 11.2 Å². The first-order valence-corrected chi connectivity index (χ1v) is 10.1. The lowest BCUT2D eigenvalue weighted by Crippen LogP contribution is -2.49. The molecule has 1 heterocycles. The normalized spacial score (nSPS) is 13.9. The second kappa shape index (κ2) is 9.55. The minimum Gasteiger partial charge on any atom is -0.362 e. The van der Waals surface area contributed by atoms with E-state index >= 15 is 0 Å². The van der Waals surface area contributed by atoms with Gasteiger partial charge in [0.2, 0.25) is 5.91 Å². The van der Waals surface area contributed by atoms with E-state index in [2.05, 4.69) is 5.32 Å². The van der Waals surface area contributed by atoms with Gasteiger partial charge in [-0.25, -0.2) is 4.39 Å². The van der Waals surface area contributed by atoms with Crippen LogP contribution in [0.3, 0.4) is 0 Å². The Kier molecular flexibility index (Phi) is 6.84. The van der Waals surface area contributed by atoms with E-state index in [0.717, 1.165) is 5.56 Å². The molecule has 3 rings (SSSR count). The van der Waals surface area contributed by atoms with Crippen molar-refractivity contribution in [1.82, 2.24) is 10.2 Å². The van der Waals surface area contributed by atoms with Crippen molar-refractivity contribution in [2.45, 2.75) is 26.3 Å². The summed E-state index contributed by atoms with van der Waals surface area (Å²) in [4.78, 5) is 39.4. The zero-order valence-electron chi connectivity index (χ0n) is 17.5. The van der Waals surface area contributed by atoms with E-state index in [9.17, 15) is 24.1 Å². The van der Waals surface area contributed by atoms with Gasteiger partial charge in [-0.2, -0.15) is 0 Å². The van der Waals surface area contributed by atoms with E-state index in [1.54, 1.807) is 29.2 Å². The number of nitrogens with zero attached hydrogens (tertiary/aromatic N) is 3. The Morgan fingerprint density at radius 3 is 2.32 bits per heavy atom. The molecule has 9 heteroatoms. The lowest BCUT2D eigenvalue weighted by Gasteiger charge is -2.36. The van der Waals surface area contributed by atoms with E-state index in [0.29, 0.717) is 31.9 Å². The third kappa shape index (κ3) is 5.56. The standard InChI is InChI=1S/C22H25FN4O4/c1-15(2)24-22(29)17-5-8-19(20(14-17)27(30)31)25-9-11-26(12-10-25)21(28)13-16-3-6-18(23)7-4-16/h3-8,14-15H,9-13H2,1-2H3,(H,24,29). The summed E-state index contributed by atoms with van der Waals surface area (Å²) in [5, 5.41) is 14.3. The molecule has 2 amide bonds. The number of nitro benzene ring substituents is 1. The number of piperazine rings is 1. The number of hydrogen-bond donors (Lipinski definition) is 1. The van der Waals surface area contributed by atoms with Crippen molar-refractivity contribution in [1.29, 1.82) is 0 Å². The highest BCUT2D eigenvalue weighted by atomic mass is 19.1. The Morgan fingerprint density at radius 1 is 1.10 bits per heavy atom. The molecule has 2 aromatic rings. The van der Waals surface area contributed by atoms with E-state index in [1.807, 2.05) is 18.7 Å². The van der Waals surface area contributed by atoms with Gasteiger partial charge in [0.15, 0.2) is 0 Å². The van der Waals surface area contributed by atoms with Crippen LogP contribution in [0, 0.1) is 15.9 Å². The Bertz CT molecular complexity index is 970. The SMILES string of the molecule is CC(C)NC(=O)c1ccc(N2CCN(C(=O)Cc3ccc(F)cc3)CC2)c([N+](=O)[O-])c1. The zero-order chi connectivity index (χ0) is 22.5. The number of amides is 2. The maximum atomic E-state index is 13.0. The average Bonchev–Trinajstić information content (AvgIpc) is 2.74. The molecule has 0 spiro atoms. The molecule has 1 fully saturated rings. The monoisotopic (exact) mass is 428 g/mol. The average molecular weight is 428 g/mol. The van der Waals surface area contributed by atoms with Crippen molar-refractivity contribution >= 4 is 23.2 Å². The van der Waals surface area contributed by atoms with E-state index in [-0.39, 0.29) is 41.3 Å². The first-order chi connectivity index (χ1) is 14.7. The summed E-state index contributed by atoms with van der Waals surface area (Å²) in [5.41, 5.74) is 1.26.